The highest BCUT2D eigenvalue weighted by molar-refractivity contribution is 7.14. The molecule has 59 heavy (non-hydrogen) atoms. The van der Waals surface area contributed by atoms with Crippen LogP contribution < -0.4 is 25.4 Å². The largest absolute Gasteiger partial charge is 0.488 e. The molecule has 0 bridgehead atoms. The molecule has 3 aromatic rings. The van der Waals surface area contributed by atoms with Crippen molar-refractivity contribution in [2.75, 3.05) is 25.6 Å². The number of anilines is 1. The van der Waals surface area contributed by atoms with Gasteiger partial charge in [-0.3, -0.25) is 9.59 Å². The van der Waals surface area contributed by atoms with E-state index in [9.17, 15) is 29.1 Å². The van der Waals surface area contributed by atoms with E-state index in [2.05, 4.69) is 22.5 Å². The number of benzene rings is 1. The Kier molecular flexibility index (Phi) is 11.5. The summed E-state index contributed by atoms with van der Waals surface area (Å²) in [5.74, 6) is -1.49. The van der Waals surface area contributed by atoms with E-state index in [1.807, 2.05) is 40.0 Å². The van der Waals surface area contributed by atoms with Gasteiger partial charge in [0, 0.05) is 41.3 Å². The Bertz CT molecular complexity index is 2140. The fourth-order valence-electron chi connectivity index (χ4n) is 8.15. The SMILES string of the molecule is C=C[C@@H]1C[C@]1(NC(=O)[C@@H]1C[C@@H](Oc2cc(-c3csc(NC(C)C)n3)nc3cc(OCC(=O)OC)ccc23)CN1C(=O)[C@@H](NC(=O)OC1C[C@@H]2C[C@@H]2C1)C(C)(C)C)C(=O)O. The number of carboxylic acid groups (broad SMARTS) is 1. The summed E-state index contributed by atoms with van der Waals surface area (Å²) in [5, 5.41) is 22.1. The number of hydrogen-bond donors (Lipinski definition) is 4. The first-order chi connectivity index (χ1) is 28.0. The van der Waals surface area contributed by atoms with Gasteiger partial charge in [-0.1, -0.05) is 26.8 Å². The van der Waals surface area contributed by atoms with Crippen molar-refractivity contribution in [3.8, 4) is 22.9 Å². The molecule has 3 aliphatic carbocycles. The van der Waals surface area contributed by atoms with Crippen molar-refractivity contribution in [1.82, 2.24) is 25.5 Å². The molecule has 1 aromatic carbocycles. The Morgan fingerprint density at radius 2 is 1.80 bits per heavy atom. The average molecular weight is 833 g/mol. The number of ether oxygens (including phenoxy) is 4. The van der Waals surface area contributed by atoms with Crippen molar-refractivity contribution < 1.29 is 48.0 Å². The number of carbonyl (C=O) groups is 5. The Balaban J connectivity index is 1.19. The minimum absolute atomic E-state index is 0.0107. The number of nitrogens with one attached hydrogen (secondary N) is 3. The van der Waals surface area contributed by atoms with Gasteiger partial charge in [-0.25, -0.2) is 24.4 Å². The molecular weight excluding hydrogens is 781 g/mol. The van der Waals surface area contributed by atoms with Crippen LogP contribution in [0.2, 0.25) is 0 Å². The lowest BCUT2D eigenvalue weighted by Crippen LogP contribution is -2.59. The number of alkyl carbamates (subject to hydrolysis) is 1. The van der Waals surface area contributed by atoms with Gasteiger partial charge in [-0.15, -0.1) is 17.9 Å². The highest BCUT2D eigenvalue weighted by Gasteiger charge is 2.61. The Hall–Kier alpha value is -5.45. The number of fused-ring (bicyclic) bond motifs is 2. The summed E-state index contributed by atoms with van der Waals surface area (Å²) in [7, 11) is 1.27. The number of amides is 3. The maximum atomic E-state index is 14.7. The van der Waals surface area contributed by atoms with E-state index in [1.165, 1.54) is 29.4 Å². The molecule has 316 valence electrons. The normalized spacial score (nSPS) is 26.1. The van der Waals surface area contributed by atoms with Gasteiger partial charge in [0.2, 0.25) is 11.8 Å². The standard InChI is InChI=1S/C42H52N6O10S/c1-8-24-17-42(24,38(52)53)47-36(50)32-15-27(18-48(32)37(51)35(41(4,5)6)46-40(54)58-26-12-22-11-23(22)13-26)57-33-16-30(31-20-59-39(45-31)43-21(2)3)44-29-14-25(9-10-28(29)33)56-19-34(49)55-7/h8-10,14,16,20-24,26-27,32,35H,1,11-13,15,17-19H2,2-7H3,(H,43,45)(H,46,54)(H,47,50)(H,52,53)/t22-,23+,24-,26?,27-,32+,35-,42-/m1/s1. The van der Waals surface area contributed by atoms with Crippen molar-refractivity contribution in [1.29, 1.82) is 0 Å². The molecule has 7 rings (SSSR count). The van der Waals surface area contributed by atoms with Crippen molar-refractivity contribution in [3.63, 3.8) is 0 Å². The minimum atomic E-state index is -1.54. The zero-order chi connectivity index (χ0) is 42.4. The third-order valence-corrected chi connectivity index (χ3v) is 12.3. The van der Waals surface area contributed by atoms with Crippen molar-refractivity contribution in [2.45, 2.75) is 103 Å². The van der Waals surface area contributed by atoms with Gasteiger partial charge in [-0.2, -0.15) is 0 Å². The summed E-state index contributed by atoms with van der Waals surface area (Å²) < 4.78 is 22.8. The molecule has 0 spiro atoms. The van der Waals surface area contributed by atoms with E-state index in [0.29, 0.717) is 50.8 Å². The van der Waals surface area contributed by atoms with Crippen LogP contribution in [0.3, 0.4) is 0 Å². The number of aromatic nitrogens is 2. The number of likely N-dealkylation sites (tertiary alicyclic amines) is 1. The summed E-state index contributed by atoms with van der Waals surface area (Å²) in [6.07, 6.45) is 2.78. The maximum Gasteiger partial charge on any atom is 0.408 e. The van der Waals surface area contributed by atoms with Gasteiger partial charge in [-0.05, 0) is 68.9 Å². The molecule has 0 radical (unpaired) electrons. The summed E-state index contributed by atoms with van der Waals surface area (Å²) in [4.78, 5) is 77.4. The molecule has 2 aromatic heterocycles. The Morgan fingerprint density at radius 3 is 2.44 bits per heavy atom. The third kappa shape index (κ3) is 9.09. The molecule has 8 atom stereocenters. The molecule has 3 saturated carbocycles. The molecule has 4 fully saturated rings. The van der Waals surface area contributed by atoms with Crippen LogP contribution in [0, 0.1) is 23.2 Å². The summed E-state index contributed by atoms with van der Waals surface area (Å²) >= 11 is 1.42. The van der Waals surface area contributed by atoms with Gasteiger partial charge in [0.25, 0.3) is 0 Å². The topological polar surface area (TPSA) is 208 Å². The number of aliphatic carboxylic acids is 1. The van der Waals surface area contributed by atoms with Crippen LogP contribution in [-0.4, -0.2) is 106 Å². The molecule has 17 heteroatoms. The fraction of sp³-hybridized carbons (Fsp3) is 0.548. The fourth-order valence-corrected chi connectivity index (χ4v) is 9.00. The highest BCUT2D eigenvalue weighted by atomic mass is 32.1. The van der Waals surface area contributed by atoms with E-state index in [0.717, 1.165) is 19.3 Å². The zero-order valence-corrected chi connectivity index (χ0v) is 34.9. The number of methoxy groups -OCH3 is 1. The van der Waals surface area contributed by atoms with E-state index in [1.54, 1.807) is 24.3 Å². The van der Waals surface area contributed by atoms with Gasteiger partial charge in [0.05, 0.1) is 24.9 Å². The molecule has 1 aliphatic heterocycles. The van der Waals surface area contributed by atoms with Gasteiger partial charge in [0.1, 0.15) is 47.0 Å². The second-order valence-corrected chi connectivity index (χ2v) is 18.2. The Labute approximate surface area is 346 Å². The van der Waals surface area contributed by atoms with Crippen molar-refractivity contribution in [2.24, 2.45) is 23.2 Å². The predicted molar refractivity (Wildman–Crippen MR) is 218 cm³/mol. The zero-order valence-electron chi connectivity index (χ0n) is 34.1. The Morgan fingerprint density at radius 1 is 1.05 bits per heavy atom. The summed E-state index contributed by atoms with van der Waals surface area (Å²) in [5.41, 5.74) is -0.822. The van der Waals surface area contributed by atoms with E-state index < -0.39 is 64.9 Å². The predicted octanol–water partition coefficient (Wildman–Crippen LogP) is 5.16. The lowest BCUT2D eigenvalue weighted by molar-refractivity contribution is -0.146. The molecule has 3 heterocycles. The summed E-state index contributed by atoms with van der Waals surface area (Å²) in [6, 6.07) is 4.72. The van der Waals surface area contributed by atoms with Crippen LogP contribution in [0.25, 0.3) is 22.3 Å². The van der Waals surface area contributed by atoms with Crippen LogP contribution in [0.15, 0.2) is 42.3 Å². The monoisotopic (exact) mass is 832 g/mol. The maximum absolute atomic E-state index is 14.7. The third-order valence-electron chi connectivity index (χ3n) is 11.5. The smallest absolute Gasteiger partial charge is 0.408 e. The molecule has 4 aliphatic rings. The number of rotatable bonds is 15. The number of hydrogen-bond acceptors (Lipinski definition) is 13. The van der Waals surface area contributed by atoms with Crippen LogP contribution in [0.5, 0.6) is 11.5 Å². The average Bonchev–Trinajstić information content (AvgIpc) is 3.85. The first-order valence-corrected chi connectivity index (χ1v) is 20.8. The molecular formula is C42H52N6O10S. The quantitative estimate of drug-likeness (QED) is 0.115. The molecule has 1 unspecified atom stereocenters. The van der Waals surface area contributed by atoms with Gasteiger partial charge >= 0.3 is 18.0 Å². The lowest BCUT2D eigenvalue weighted by atomic mass is 9.85. The second-order valence-electron chi connectivity index (χ2n) is 17.4. The number of esters is 1. The van der Waals surface area contributed by atoms with E-state index in [4.69, 9.17) is 28.9 Å². The lowest BCUT2D eigenvalue weighted by Gasteiger charge is -2.35. The molecule has 3 amide bonds. The highest BCUT2D eigenvalue weighted by Crippen LogP contribution is 2.52. The number of pyridine rings is 1. The molecule has 16 nitrogen and oxygen atoms in total. The van der Waals surface area contributed by atoms with Crippen LogP contribution in [-0.2, 0) is 28.7 Å². The molecule has 4 N–H and O–H groups in total. The first-order valence-electron chi connectivity index (χ1n) is 20.0. The van der Waals surface area contributed by atoms with Crippen LogP contribution in [0.4, 0.5) is 9.93 Å². The first kappa shape index (κ1) is 41.7. The number of nitrogens with zero attached hydrogens (tertiary/aromatic N) is 3. The van der Waals surface area contributed by atoms with Gasteiger partial charge in [0.15, 0.2) is 11.7 Å². The van der Waals surface area contributed by atoms with Gasteiger partial charge < -0.3 is 44.9 Å². The summed E-state index contributed by atoms with van der Waals surface area (Å²) in [6.45, 7) is 12.8. The number of thiazole rings is 1. The van der Waals surface area contributed by atoms with E-state index >= 15 is 0 Å². The minimum Gasteiger partial charge on any atom is -0.488 e. The van der Waals surface area contributed by atoms with E-state index in [-0.39, 0.29) is 38.1 Å². The second kappa shape index (κ2) is 16.3. The van der Waals surface area contributed by atoms with Crippen LogP contribution >= 0.6 is 11.3 Å². The van der Waals surface area contributed by atoms with Crippen LogP contribution in [0.1, 0.15) is 66.7 Å². The van der Waals surface area contributed by atoms with Crippen molar-refractivity contribution >= 4 is 57.2 Å². The van der Waals surface area contributed by atoms with Crippen molar-refractivity contribution in [3.05, 3.63) is 42.3 Å². The number of carbonyl (C=O) groups excluding carboxylic acids is 4. The number of carboxylic acids is 1. The molecule has 1 saturated heterocycles.